The van der Waals surface area contributed by atoms with Crippen LogP contribution >= 0.6 is 15.9 Å². The molecule has 0 aromatic heterocycles. The monoisotopic (exact) mass is 271 g/mol. The lowest BCUT2D eigenvalue weighted by atomic mass is 10.3. The first-order valence-electron chi connectivity index (χ1n) is 4.33. The SMILES string of the molecule is C=CCCOc1ccc(Br)cc1[N+](=O)[O-]. The molecule has 0 spiro atoms. The fourth-order valence-electron chi connectivity index (χ4n) is 1.01. The molecular weight excluding hydrogens is 262 g/mol. The van der Waals surface area contributed by atoms with E-state index in [2.05, 4.69) is 22.5 Å². The molecule has 0 aliphatic rings. The Bertz CT molecular complexity index is 379. The van der Waals surface area contributed by atoms with Crippen LogP contribution in [0.1, 0.15) is 6.42 Å². The molecule has 0 heterocycles. The van der Waals surface area contributed by atoms with Crippen molar-refractivity contribution >= 4 is 21.6 Å². The van der Waals surface area contributed by atoms with Crippen molar-refractivity contribution in [1.29, 1.82) is 0 Å². The zero-order chi connectivity index (χ0) is 11.3. The average Bonchev–Trinajstić information content (AvgIpc) is 2.20. The number of halogens is 1. The molecule has 0 saturated carbocycles. The molecule has 0 atom stereocenters. The Hall–Kier alpha value is -1.36. The second-order valence-electron chi connectivity index (χ2n) is 2.79. The molecule has 1 aromatic carbocycles. The molecule has 0 radical (unpaired) electrons. The van der Waals surface area contributed by atoms with E-state index in [1.54, 1.807) is 18.2 Å². The maximum Gasteiger partial charge on any atom is 0.312 e. The average molecular weight is 272 g/mol. The highest BCUT2D eigenvalue weighted by molar-refractivity contribution is 9.10. The molecule has 80 valence electrons. The summed E-state index contributed by atoms with van der Waals surface area (Å²) in [5.74, 6) is 0.282. The van der Waals surface area contributed by atoms with Crippen LogP contribution in [0.2, 0.25) is 0 Å². The molecule has 5 heteroatoms. The summed E-state index contributed by atoms with van der Waals surface area (Å²) in [4.78, 5) is 10.2. The van der Waals surface area contributed by atoms with Crippen LogP contribution in [0.3, 0.4) is 0 Å². The minimum atomic E-state index is -0.464. The van der Waals surface area contributed by atoms with E-state index in [9.17, 15) is 10.1 Å². The molecule has 0 aliphatic carbocycles. The predicted octanol–water partition coefficient (Wildman–Crippen LogP) is 3.31. The number of benzene rings is 1. The van der Waals surface area contributed by atoms with Gasteiger partial charge < -0.3 is 4.74 Å². The van der Waals surface area contributed by atoms with Gasteiger partial charge in [0.15, 0.2) is 5.75 Å². The Labute approximate surface area is 95.8 Å². The largest absolute Gasteiger partial charge is 0.486 e. The van der Waals surface area contributed by atoms with Crippen molar-refractivity contribution in [2.45, 2.75) is 6.42 Å². The normalized spacial score (nSPS) is 9.67. The van der Waals surface area contributed by atoms with Crippen molar-refractivity contribution in [3.05, 3.63) is 45.4 Å². The number of ether oxygens (including phenoxy) is 1. The first-order chi connectivity index (χ1) is 7.15. The maximum absolute atomic E-state index is 10.7. The molecule has 0 bridgehead atoms. The Kier molecular flexibility index (Phi) is 4.30. The van der Waals surface area contributed by atoms with Gasteiger partial charge >= 0.3 is 5.69 Å². The van der Waals surface area contributed by atoms with E-state index in [4.69, 9.17) is 4.74 Å². The molecule has 4 nitrogen and oxygen atoms in total. The third kappa shape index (κ3) is 3.36. The Morgan fingerprint density at radius 3 is 2.93 bits per heavy atom. The van der Waals surface area contributed by atoms with E-state index in [0.717, 1.165) is 0 Å². The fourth-order valence-corrected chi connectivity index (χ4v) is 1.36. The van der Waals surface area contributed by atoms with Gasteiger partial charge in [0.05, 0.1) is 11.5 Å². The van der Waals surface area contributed by atoms with Crippen LogP contribution in [0.25, 0.3) is 0 Å². The lowest BCUT2D eigenvalue weighted by molar-refractivity contribution is -0.385. The van der Waals surface area contributed by atoms with Gasteiger partial charge in [-0.25, -0.2) is 0 Å². The molecule has 15 heavy (non-hydrogen) atoms. The summed E-state index contributed by atoms with van der Waals surface area (Å²) in [7, 11) is 0. The van der Waals surface area contributed by atoms with Crippen LogP contribution in [0, 0.1) is 10.1 Å². The molecule has 0 N–H and O–H groups in total. The molecule has 0 amide bonds. The van der Waals surface area contributed by atoms with Gasteiger partial charge in [-0.05, 0) is 18.6 Å². The second-order valence-corrected chi connectivity index (χ2v) is 3.71. The van der Waals surface area contributed by atoms with E-state index < -0.39 is 4.92 Å². The zero-order valence-corrected chi connectivity index (χ0v) is 9.57. The standard InChI is InChI=1S/C10H10BrNO3/c1-2-3-6-15-10-5-4-8(11)7-9(10)12(13)14/h2,4-5,7H,1,3,6H2. The van der Waals surface area contributed by atoms with Crippen LogP contribution < -0.4 is 4.74 Å². The minimum Gasteiger partial charge on any atom is -0.486 e. The van der Waals surface area contributed by atoms with Gasteiger partial charge in [-0.15, -0.1) is 6.58 Å². The summed E-state index contributed by atoms with van der Waals surface area (Å²) in [6.07, 6.45) is 2.36. The number of nitro groups is 1. The molecule has 0 saturated heterocycles. The van der Waals surface area contributed by atoms with Crippen molar-refractivity contribution in [3.63, 3.8) is 0 Å². The zero-order valence-electron chi connectivity index (χ0n) is 7.98. The summed E-state index contributed by atoms with van der Waals surface area (Å²) in [6.45, 7) is 3.94. The quantitative estimate of drug-likeness (QED) is 0.357. The number of nitrogens with zero attached hydrogens (tertiary/aromatic N) is 1. The Balaban J connectivity index is 2.85. The molecule has 0 unspecified atom stereocenters. The van der Waals surface area contributed by atoms with Gasteiger partial charge in [0, 0.05) is 10.5 Å². The number of hydrogen-bond acceptors (Lipinski definition) is 3. The predicted molar refractivity (Wildman–Crippen MR) is 61.1 cm³/mol. The van der Waals surface area contributed by atoms with Crippen LogP contribution in [0.4, 0.5) is 5.69 Å². The second kappa shape index (κ2) is 5.50. The minimum absolute atomic E-state index is 0.0339. The van der Waals surface area contributed by atoms with Crippen LogP contribution in [-0.4, -0.2) is 11.5 Å². The van der Waals surface area contributed by atoms with Crippen molar-refractivity contribution in [2.75, 3.05) is 6.61 Å². The van der Waals surface area contributed by atoms with Crippen molar-refractivity contribution in [3.8, 4) is 5.75 Å². The van der Waals surface area contributed by atoms with E-state index >= 15 is 0 Å². The first-order valence-corrected chi connectivity index (χ1v) is 5.12. The third-order valence-corrected chi connectivity index (χ3v) is 2.19. The van der Waals surface area contributed by atoms with E-state index in [1.165, 1.54) is 6.07 Å². The summed E-state index contributed by atoms with van der Waals surface area (Å²) in [5.41, 5.74) is -0.0339. The van der Waals surface area contributed by atoms with Crippen molar-refractivity contribution in [2.24, 2.45) is 0 Å². The van der Waals surface area contributed by atoms with E-state index in [0.29, 0.717) is 17.5 Å². The smallest absolute Gasteiger partial charge is 0.312 e. The van der Waals surface area contributed by atoms with Gasteiger partial charge in [-0.2, -0.15) is 0 Å². The van der Waals surface area contributed by atoms with Crippen LogP contribution in [-0.2, 0) is 0 Å². The van der Waals surface area contributed by atoms with Crippen LogP contribution in [0.5, 0.6) is 5.75 Å². The fraction of sp³-hybridized carbons (Fsp3) is 0.200. The lowest BCUT2D eigenvalue weighted by Crippen LogP contribution is -1.99. The van der Waals surface area contributed by atoms with Crippen LogP contribution in [0.15, 0.2) is 35.3 Å². The number of nitro benzene ring substituents is 1. The summed E-state index contributed by atoms with van der Waals surface area (Å²) >= 11 is 3.17. The van der Waals surface area contributed by atoms with Crippen molar-refractivity contribution < 1.29 is 9.66 Å². The highest BCUT2D eigenvalue weighted by Crippen LogP contribution is 2.30. The molecule has 0 aliphatic heterocycles. The third-order valence-electron chi connectivity index (χ3n) is 1.70. The number of rotatable bonds is 5. The maximum atomic E-state index is 10.7. The molecule has 1 rings (SSSR count). The summed E-state index contributed by atoms with van der Waals surface area (Å²) in [5, 5.41) is 10.7. The van der Waals surface area contributed by atoms with Gasteiger partial charge in [-0.1, -0.05) is 22.0 Å². The highest BCUT2D eigenvalue weighted by Gasteiger charge is 2.14. The van der Waals surface area contributed by atoms with Gasteiger partial charge in [-0.3, -0.25) is 10.1 Å². The Morgan fingerprint density at radius 1 is 1.60 bits per heavy atom. The van der Waals surface area contributed by atoms with Gasteiger partial charge in [0.25, 0.3) is 0 Å². The topological polar surface area (TPSA) is 52.4 Å². The molecule has 0 fully saturated rings. The lowest BCUT2D eigenvalue weighted by Gasteiger charge is -2.05. The van der Waals surface area contributed by atoms with Crippen molar-refractivity contribution in [1.82, 2.24) is 0 Å². The molecular formula is C10H10BrNO3. The highest BCUT2D eigenvalue weighted by atomic mass is 79.9. The van der Waals surface area contributed by atoms with Gasteiger partial charge in [0.2, 0.25) is 0 Å². The summed E-state index contributed by atoms with van der Waals surface area (Å²) < 4.78 is 5.92. The van der Waals surface area contributed by atoms with E-state index in [1.807, 2.05) is 0 Å². The first kappa shape index (κ1) is 11.7. The molecule has 1 aromatic rings. The Morgan fingerprint density at radius 2 is 2.33 bits per heavy atom. The van der Waals surface area contributed by atoms with Gasteiger partial charge in [0.1, 0.15) is 0 Å². The van der Waals surface area contributed by atoms with E-state index in [-0.39, 0.29) is 11.4 Å². The summed E-state index contributed by atoms with van der Waals surface area (Å²) in [6, 6.07) is 4.70. The number of hydrogen-bond donors (Lipinski definition) is 0.